The van der Waals surface area contributed by atoms with Crippen molar-refractivity contribution in [3.63, 3.8) is 0 Å². The SMILES string of the molecule is COC(=O)c1cc(N)ccc1Oc1cccc(CO)c1. The van der Waals surface area contributed by atoms with E-state index in [2.05, 4.69) is 0 Å². The minimum Gasteiger partial charge on any atom is -0.465 e. The Morgan fingerprint density at radius 3 is 2.75 bits per heavy atom. The summed E-state index contributed by atoms with van der Waals surface area (Å²) < 4.78 is 10.4. The number of nitrogens with two attached hydrogens (primary N) is 1. The van der Waals surface area contributed by atoms with E-state index in [1.54, 1.807) is 36.4 Å². The second-order valence-corrected chi connectivity index (χ2v) is 4.15. The van der Waals surface area contributed by atoms with Crippen LogP contribution in [0, 0.1) is 0 Å². The zero-order chi connectivity index (χ0) is 14.5. The highest BCUT2D eigenvalue weighted by atomic mass is 16.5. The summed E-state index contributed by atoms with van der Waals surface area (Å²) in [7, 11) is 1.29. The van der Waals surface area contributed by atoms with Crippen LogP contribution < -0.4 is 10.5 Å². The van der Waals surface area contributed by atoms with Gasteiger partial charge in [-0.1, -0.05) is 12.1 Å². The molecular formula is C15H15NO4. The molecule has 0 bridgehead atoms. The van der Waals surface area contributed by atoms with Crippen LogP contribution in [0.15, 0.2) is 42.5 Å². The van der Waals surface area contributed by atoms with Gasteiger partial charge in [-0.25, -0.2) is 4.79 Å². The van der Waals surface area contributed by atoms with Gasteiger partial charge in [0.1, 0.15) is 17.1 Å². The molecule has 0 atom stereocenters. The third-order valence-electron chi connectivity index (χ3n) is 2.72. The number of nitrogen functional groups attached to an aromatic ring is 1. The van der Waals surface area contributed by atoms with Crippen molar-refractivity contribution in [2.45, 2.75) is 6.61 Å². The van der Waals surface area contributed by atoms with Gasteiger partial charge in [-0.3, -0.25) is 0 Å². The van der Waals surface area contributed by atoms with Crippen LogP contribution in [0.5, 0.6) is 11.5 Å². The van der Waals surface area contributed by atoms with Gasteiger partial charge in [0.05, 0.1) is 13.7 Å². The highest BCUT2D eigenvalue weighted by Gasteiger charge is 2.14. The molecule has 104 valence electrons. The highest BCUT2D eigenvalue weighted by molar-refractivity contribution is 5.93. The number of rotatable bonds is 4. The Morgan fingerprint density at radius 1 is 1.25 bits per heavy atom. The molecule has 0 amide bonds. The molecule has 0 aliphatic heterocycles. The van der Waals surface area contributed by atoms with E-state index in [1.165, 1.54) is 13.2 Å². The van der Waals surface area contributed by atoms with Crippen molar-refractivity contribution in [2.24, 2.45) is 0 Å². The lowest BCUT2D eigenvalue weighted by Gasteiger charge is -2.11. The van der Waals surface area contributed by atoms with E-state index >= 15 is 0 Å². The van der Waals surface area contributed by atoms with Gasteiger partial charge in [0.25, 0.3) is 0 Å². The highest BCUT2D eigenvalue weighted by Crippen LogP contribution is 2.28. The average molecular weight is 273 g/mol. The van der Waals surface area contributed by atoms with Gasteiger partial charge in [0.15, 0.2) is 0 Å². The Labute approximate surface area is 116 Å². The van der Waals surface area contributed by atoms with Crippen molar-refractivity contribution in [1.29, 1.82) is 0 Å². The zero-order valence-electron chi connectivity index (χ0n) is 11.0. The first-order chi connectivity index (χ1) is 9.63. The third kappa shape index (κ3) is 3.07. The number of benzene rings is 2. The van der Waals surface area contributed by atoms with E-state index in [0.717, 1.165) is 5.56 Å². The number of methoxy groups -OCH3 is 1. The van der Waals surface area contributed by atoms with Crippen molar-refractivity contribution in [3.8, 4) is 11.5 Å². The Kier molecular flexibility index (Phi) is 4.22. The lowest BCUT2D eigenvalue weighted by atomic mass is 10.1. The molecule has 0 saturated heterocycles. The Morgan fingerprint density at radius 2 is 2.05 bits per heavy atom. The molecule has 0 aromatic heterocycles. The van der Waals surface area contributed by atoms with Crippen LogP contribution in [0.1, 0.15) is 15.9 Å². The smallest absolute Gasteiger partial charge is 0.341 e. The van der Waals surface area contributed by atoms with Crippen molar-refractivity contribution in [2.75, 3.05) is 12.8 Å². The van der Waals surface area contributed by atoms with E-state index < -0.39 is 5.97 Å². The minimum absolute atomic E-state index is 0.0806. The van der Waals surface area contributed by atoms with Crippen LogP contribution in [0.2, 0.25) is 0 Å². The summed E-state index contributed by atoms with van der Waals surface area (Å²) >= 11 is 0. The van der Waals surface area contributed by atoms with Gasteiger partial charge in [-0.2, -0.15) is 0 Å². The van der Waals surface area contributed by atoms with Crippen molar-refractivity contribution in [1.82, 2.24) is 0 Å². The number of ether oxygens (including phenoxy) is 2. The van der Waals surface area contributed by atoms with Crippen molar-refractivity contribution in [3.05, 3.63) is 53.6 Å². The van der Waals surface area contributed by atoms with Crippen LogP contribution in [-0.4, -0.2) is 18.2 Å². The predicted octanol–water partition coefficient (Wildman–Crippen LogP) is 2.34. The molecule has 0 heterocycles. The molecule has 5 nitrogen and oxygen atoms in total. The van der Waals surface area contributed by atoms with E-state index in [9.17, 15) is 4.79 Å². The number of carbonyl (C=O) groups excluding carboxylic acids is 1. The first-order valence-corrected chi connectivity index (χ1v) is 5.99. The number of anilines is 1. The second kappa shape index (κ2) is 6.08. The Balaban J connectivity index is 2.35. The maximum atomic E-state index is 11.7. The normalized spacial score (nSPS) is 10.1. The summed E-state index contributed by atoms with van der Waals surface area (Å²) in [5, 5.41) is 9.10. The second-order valence-electron chi connectivity index (χ2n) is 4.15. The lowest BCUT2D eigenvalue weighted by molar-refractivity contribution is 0.0598. The number of hydrogen-bond donors (Lipinski definition) is 2. The molecule has 2 aromatic rings. The fourth-order valence-corrected chi connectivity index (χ4v) is 1.74. The Bertz CT molecular complexity index is 625. The summed E-state index contributed by atoms with van der Waals surface area (Å²) in [6.45, 7) is -0.0806. The fraction of sp³-hybridized carbons (Fsp3) is 0.133. The predicted molar refractivity (Wildman–Crippen MR) is 74.6 cm³/mol. The van der Waals surface area contributed by atoms with Crippen LogP contribution >= 0.6 is 0 Å². The zero-order valence-corrected chi connectivity index (χ0v) is 11.0. The van der Waals surface area contributed by atoms with E-state index in [-0.39, 0.29) is 12.2 Å². The van der Waals surface area contributed by atoms with Crippen LogP contribution in [0.25, 0.3) is 0 Å². The summed E-state index contributed by atoms with van der Waals surface area (Å²) in [6.07, 6.45) is 0. The Hall–Kier alpha value is -2.53. The van der Waals surface area contributed by atoms with E-state index in [4.69, 9.17) is 20.3 Å². The molecule has 20 heavy (non-hydrogen) atoms. The molecule has 2 rings (SSSR count). The van der Waals surface area contributed by atoms with Gasteiger partial charge < -0.3 is 20.3 Å². The van der Waals surface area contributed by atoms with Crippen LogP contribution in [0.3, 0.4) is 0 Å². The maximum Gasteiger partial charge on any atom is 0.341 e. The first kappa shape index (κ1) is 13.9. The maximum absolute atomic E-state index is 11.7. The van der Waals surface area contributed by atoms with Gasteiger partial charge in [-0.15, -0.1) is 0 Å². The minimum atomic E-state index is -0.523. The fourth-order valence-electron chi connectivity index (χ4n) is 1.74. The molecule has 0 radical (unpaired) electrons. The molecule has 5 heteroatoms. The summed E-state index contributed by atoms with van der Waals surface area (Å²) in [4.78, 5) is 11.7. The lowest BCUT2D eigenvalue weighted by Crippen LogP contribution is -2.04. The monoisotopic (exact) mass is 273 g/mol. The van der Waals surface area contributed by atoms with Crippen molar-refractivity contribution < 1.29 is 19.4 Å². The topological polar surface area (TPSA) is 81.8 Å². The van der Waals surface area contributed by atoms with E-state index in [0.29, 0.717) is 17.2 Å². The van der Waals surface area contributed by atoms with Gasteiger partial charge in [0.2, 0.25) is 0 Å². The summed E-state index contributed by atoms with van der Waals surface area (Å²) in [6, 6.07) is 11.7. The summed E-state index contributed by atoms with van der Waals surface area (Å²) in [5.41, 5.74) is 7.08. The molecule has 0 spiro atoms. The van der Waals surface area contributed by atoms with E-state index in [1.807, 2.05) is 0 Å². The van der Waals surface area contributed by atoms with Crippen molar-refractivity contribution >= 4 is 11.7 Å². The number of hydrogen-bond acceptors (Lipinski definition) is 5. The van der Waals surface area contributed by atoms with Crippen LogP contribution in [-0.2, 0) is 11.3 Å². The van der Waals surface area contributed by atoms with Gasteiger partial charge >= 0.3 is 5.97 Å². The van der Waals surface area contributed by atoms with Gasteiger partial charge in [-0.05, 0) is 35.9 Å². The third-order valence-corrected chi connectivity index (χ3v) is 2.72. The summed E-state index contributed by atoms with van der Waals surface area (Å²) in [5.74, 6) is 0.346. The molecule has 0 aliphatic rings. The first-order valence-electron chi connectivity index (χ1n) is 5.99. The largest absolute Gasteiger partial charge is 0.465 e. The number of aliphatic hydroxyl groups excluding tert-OH is 1. The van der Waals surface area contributed by atoms with Crippen LogP contribution in [0.4, 0.5) is 5.69 Å². The standard InChI is InChI=1S/C15H15NO4/c1-19-15(18)13-8-11(16)5-6-14(13)20-12-4-2-3-10(7-12)9-17/h2-8,17H,9,16H2,1H3. The molecule has 0 saturated carbocycles. The number of carbonyl (C=O) groups is 1. The molecule has 2 aromatic carbocycles. The average Bonchev–Trinajstić information content (AvgIpc) is 2.48. The molecular weight excluding hydrogens is 258 g/mol. The van der Waals surface area contributed by atoms with Gasteiger partial charge in [0, 0.05) is 5.69 Å². The quantitative estimate of drug-likeness (QED) is 0.660. The molecule has 0 unspecified atom stereocenters. The number of esters is 1. The molecule has 0 fully saturated rings. The number of aliphatic hydroxyl groups is 1. The molecule has 0 aliphatic carbocycles. The molecule has 3 N–H and O–H groups in total.